The molecule has 0 spiro atoms. The Hall–Kier alpha value is -2.47. The quantitative estimate of drug-likeness (QED) is 0.415. The van der Waals surface area contributed by atoms with E-state index in [1.807, 2.05) is 19.1 Å². The Bertz CT molecular complexity index is 1070. The molecule has 5 nitrogen and oxygen atoms in total. The molecule has 0 unspecified atom stereocenters. The van der Waals surface area contributed by atoms with Gasteiger partial charge in [-0.3, -0.25) is 5.43 Å². The average molecular weight is 409 g/mol. The molecule has 1 aromatic carbocycles. The first-order valence-electron chi connectivity index (χ1n) is 10.2. The van der Waals surface area contributed by atoms with Crippen molar-refractivity contribution < 1.29 is 5.11 Å². The molecule has 0 radical (unpaired) electrons. The Kier molecular flexibility index (Phi) is 5.30. The number of rotatable bonds is 5. The Morgan fingerprint density at radius 1 is 1.31 bits per heavy atom. The molecule has 1 aliphatic rings. The molecule has 152 valence electrons. The number of thiophene rings is 1. The molecule has 1 aliphatic carbocycles. The van der Waals surface area contributed by atoms with Crippen LogP contribution in [0.25, 0.3) is 10.2 Å². The number of phenolic OH excluding ortho intramolecular Hbond substituents is 1. The number of fused-ring (bicyclic) bond motifs is 3. The summed E-state index contributed by atoms with van der Waals surface area (Å²) < 4.78 is 0. The largest absolute Gasteiger partial charge is 0.507 e. The van der Waals surface area contributed by atoms with Crippen molar-refractivity contribution in [2.45, 2.75) is 53.4 Å². The van der Waals surface area contributed by atoms with Crippen LogP contribution in [0.1, 0.15) is 56.5 Å². The predicted molar refractivity (Wildman–Crippen MR) is 121 cm³/mol. The summed E-state index contributed by atoms with van der Waals surface area (Å²) in [4.78, 5) is 11.5. The van der Waals surface area contributed by atoms with Crippen molar-refractivity contribution >= 4 is 33.1 Å². The minimum Gasteiger partial charge on any atom is -0.507 e. The molecular formula is C23H28N4OS. The summed E-state index contributed by atoms with van der Waals surface area (Å²) in [5.41, 5.74) is 6.29. The molecule has 0 fully saturated rings. The summed E-state index contributed by atoms with van der Waals surface area (Å²) in [6, 6.07) is 7.22. The fraction of sp³-hybridized carbons (Fsp3) is 0.435. The highest BCUT2D eigenvalue weighted by molar-refractivity contribution is 7.19. The van der Waals surface area contributed by atoms with Crippen molar-refractivity contribution in [3.8, 4) is 5.75 Å². The summed E-state index contributed by atoms with van der Waals surface area (Å²) in [6.07, 6.45) is 6.21. The van der Waals surface area contributed by atoms with Crippen molar-refractivity contribution in [3.63, 3.8) is 0 Å². The number of aromatic nitrogens is 2. The highest BCUT2D eigenvalue weighted by Gasteiger charge is 2.33. The maximum absolute atomic E-state index is 10.1. The van der Waals surface area contributed by atoms with Crippen LogP contribution in [0.4, 0.5) is 5.82 Å². The Labute approximate surface area is 175 Å². The van der Waals surface area contributed by atoms with E-state index < -0.39 is 0 Å². The molecule has 2 N–H and O–H groups in total. The van der Waals surface area contributed by atoms with Crippen molar-refractivity contribution in [2.75, 3.05) is 5.43 Å². The average Bonchev–Trinajstić information content (AvgIpc) is 3.10. The number of phenols is 1. The Morgan fingerprint density at radius 3 is 2.86 bits per heavy atom. The van der Waals surface area contributed by atoms with E-state index in [2.05, 4.69) is 41.3 Å². The Morgan fingerprint density at radius 2 is 2.10 bits per heavy atom. The zero-order valence-electron chi connectivity index (χ0n) is 17.5. The number of para-hydroxylation sites is 1. The van der Waals surface area contributed by atoms with Gasteiger partial charge in [-0.15, -0.1) is 11.3 Å². The molecule has 3 aromatic rings. The highest BCUT2D eigenvalue weighted by Crippen LogP contribution is 2.45. The van der Waals surface area contributed by atoms with E-state index in [1.54, 1.807) is 29.8 Å². The lowest BCUT2D eigenvalue weighted by atomic mass is 9.69. The molecule has 6 heteroatoms. The molecule has 1 atom stereocenters. The molecule has 2 aromatic heterocycles. The van der Waals surface area contributed by atoms with Crippen LogP contribution in [0.2, 0.25) is 0 Å². The lowest BCUT2D eigenvalue weighted by Gasteiger charge is -2.36. The number of anilines is 1. The van der Waals surface area contributed by atoms with E-state index in [0.717, 1.165) is 28.9 Å². The lowest BCUT2D eigenvalue weighted by molar-refractivity contribution is 0.184. The van der Waals surface area contributed by atoms with Crippen molar-refractivity contribution in [1.82, 2.24) is 9.97 Å². The Balaban J connectivity index is 1.69. The van der Waals surface area contributed by atoms with E-state index in [1.165, 1.54) is 23.3 Å². The number of hydrogen-bond acceptors (Lipinski definition) is 6. The summed E-state index contributed by atoms with van der Waals surface area (Å²) in [7, 11) is 0. The van der Waals surface area contributed by atoms with Crippen molar-refractivity contribution in [3.05, 3.63) is 46.6 Å². The maximum Gasteiger partial charge on any atom is 0.158 e. The normalized spacial score (nSPS) is 17.4. The summed E-state index contributed by atoms with van der Waals surface area (Å²) in [5, 5.41) is 15.7. The highest BCUT2D eigenvalue weighted by atomic mass is 32.1. The van der Waals surface area contributed by atoms with Gasteiger partial charge in [0.05, 0.1) is 11.1 Å². The predicted octanol–water partition coefficient (Wildman–Crippen LogP) is 5.77. The number of hydrazone groups is 1. The summed E-state index contributed by atoms with van der Waals surface area (Å²) in [6.45, 7) is 8.93. The van der Waals surface area contributed by atoms with Crippen LogP contribution in [0.3, 0.4) is 0 Å². The fourth-order valence-electron chi connectivity index (χ4n) is 4.13. The number of hydrogen-bond donors (Lipinski definition) is 2. The summed E-state index contributed by atoms with van der Waals surface area (Å²) >= 11 is 1.79. The van der Waals surface area contributed by atoms with Crippen molar-refractivity contribution in [2.24, 2.45) is 16.4 Å². The standard InChI is InChI=1S/C23H28N4OS/c1-5-23(3,4)15-10-11-19-17(12-15)20-21(24-13-25-22(20)29-19)27-26-14(2)16-8-6-7-9-18(16)28/h6-9,13,15,28H,5,10-12H2,1-4H3,(H,24,25,27)/b26-14+/t15-/m1/s1. The smallest absolute Gasteiger partial charge is 0.158 e. The SMILES string of the molecule is CCC(C)(C)[C@@H]1CCc2sc3ncnc(N/N=C(\C)c4ccccc4O)c3c2C1. The van der Waals surface area contributed by atoms with Crippen LogP contribution in [-0.4, -0.2) is 20.8 Å². The van der Waals surface area contributed by atoms with Crippen molar-refractivity contribution in [1.29, 1.82) is 0 Å². The van der Waals surface area contributed by atoms with Gasteiger partial charge < -0.3 is 5.11 Å². The zero-order valence-corrected chi connectivity index (χ0v) is 18.3. The molecule has 0 bridgehead atoms. The number of benzene rings is 1. The van der Waals surface area contributed by atoms with Gasteiger partial charge in [-0.2, -0.15) is 5.10 Å². The van der Waals surface area contributed by atoms with Gasteiger partial charge in [0.15, 0.2) is 5.82 Å². The van der Waals surface area contributed by atoms with Gasteiger partial charge in [0, 0.05) is 10.4 Å². The van der Waals surface area contributed by atoms with Gasteiger partial charge in [0.2, 0.25) is 0 Å². The van der Waals surface area contributed by atoms with Gasteiger partial charge in [-0.1, -0.05) is 39.3 Å². The second kappa shape index (κ2) is 7.75. The first kappa shape index (κ1) is 19.8. The number of nitrogens with zero attached hydrogens (tertiary/aromatic N) is 3. The minimum atomic E-state index is 0.223. The number of aryl methyl sites for hydroxylation is 1. The molecular weight excluding hydrogens is 380 g/mol. The molecule has 29 heavy (non-hydrogen) atoms. The monoisotopic (exact) mass is 408 g/mol. The van der Waals surface area contributed by atoms with Crippen LogP contribution in [0.15, 0.2) is 35.7 Å². The molecule has 0 saturated carbocycles. The summed E-state index contributed by atoms with van der Waals surface area (Å²) in [5.74, 6) is 1.63. The molecule has 0 amide bonds. The zero-order chi connectivity index (χ0) is 20.6. The lowest BCUT2D eigenvalue weighted by Crippen LogP contribution is -2.28. The second-order valence-corrected chi connectivity index (χ2v) is 9.60. The molecule has 2 heterocycles. The van der Waals surface area contributed by atoms with E-state index in [-0.39, 0.29) is 5.75 Å². The van der Waals surface area contributed by atoms with E-state index >= 15 is 0 Å². The van der Waals surface area contributed by atoms with Gasteiger partial charge in [-0.05, 0) is 55.2 Å². The van der Waals surface area contributed by atoms with E-state index in [0.29, 0.717) is 22.6 Å². The topological polar surface area (TPSA) is 70.4 Å². The van der Waals surface area contributed by atoms with Crippen LogP contribution in [0, 0.1) is 11.3 Å². The van der Waals surface area contributed by atoms with Crippen LogP contribution < -0.4 is 5.43 Å². The maximum atomic E-state index is 10.1. The second-order valence-electron chi connectivity index (χ2n) is 8.51. The third-order valence-corrected chi connectivity index (χ3v) is 7.68. The first-order valence-corrected chi connectivity index (χ1v) is 11.1. The van der Waals surface area contributed by atoms with Gasteiger partial charge in [0.25, 0.3) is 0 Å². The first-order chi connectivity index (χ1) is 13.9. The molecule has 4 rings (SSSR count). The minimum absolute atomic E-state index is 0.223. The fourth-order valence-corrected chi connectivity index (χ4v) is 5.31. The van der Waals surface area contributed by atoms with E-state index in [9.17, 15) is 5.11 Å². The van der Waals surface area contributed by atoms with E-state index in [4.69, 9.17) is 0 Å². The van der Waals surface area contributed by atoms with Gasteiger partial charge in [-0.25, -0.2) is 9.97 Å². The number of nitrogens with one attached hydrogen (secondary N) is 1. The van der Waals surface area contributed by atoms with Gasteiger partial charge in [0.1, 0.15) is 16.9 Å². The molecule has 0 aliphatic heterocycles. The van der Waals surface area contributed by atoms with Crippen LogP contribution in [0.5, 0.6) is 5.75 Å². The molecule has 0 saturated heterocycles. The van der Waals surface area contributed by atoms with Crippen LogP contribution in [-0.2, 0) is 12.8 Å². The van der Waals surface area contributed by atoms with Gasteiger partial charge >= 0.3 is 0 Å². The van der Waals surface area contributed by atoms with Crippen LogP contribution >= 0.6 is 11.3 Å². The number of aromatic hydroxyl groups is 1. The third-order valence-electron chi connectivity index (χ3n) is 6.48. The third kappa shape index (κ3) is 3.73.